The van der Waals surface area contributed by atoms with Crippen LogP contribution in [0.3, 0.4) is 0 Å². The Hall–Kier alpha value is -6.96. The molecule has 0 heterocycles. The molecule has 1 aliphatic rings. The average Bonchev–Trinajstić information content (AvgIpc) is 3.51. The van der Waals surface area contributed by atoms with Gasteiger partial charge >= 0.3 is 0 Å². The number of para-hydroxylation sites is 1. The zero-order chi connectivity index (χ0) is 37.6. The second-order valence-corrected chi connectivity index (χ2v) is 15.3. The van der Waals surface area contributed by atoms with Crippen LogP contribution in [-0.2, 0) is 5.41 Å². The molecule has 0 fully saturated rings. The SMILES string of the molecule is CC1(C)c2ccccc2-c2c(-c3ccc(N(c4ccccc4)c4ccc(-c5ccccc5)cc4)cc3)c(-c3ccc(-c4ccccc4)cc3)c3ccccc3c21. The van der Waals surface area contributed by atoms with Crippen molar-refractivity contribution in [2.24, 2.45) is 0 Å². The van der Waals surface area contributed by atoms with Gasteiger partial charge in [0.25, 0.3) is 0 Å². The first-order chi connectivity index (χ1) is 27.6. The van der Waals surface area contributed by atoms with Crippen molar-refractivity contribution < 1.29 is 0 Å². The van der Waals surface area contributed by atoms with E-state index in [1.54, 1.807) is 0 Å². The Morgan fingerprint density at radius 2 is 0.696 bits per heavy atom. The fourth-order valence-electron chi connectivity index (χ4n) is 9.02. The molecule has 0 atom stereocenters. The molecule has 1 aliphatic carbocycles. The largest absolute Gasteiger partial charge is 0.311 e. The summed E-state index contributed by atoms with van der Waals surface area (Å²) in [7, 11) is 0. The van der Waals surface area contributed by atoms with E-state index in [4.69, 9.17) is 0 Å². The smallest absolute Gasteiger partial charge is 0.0462 e. The predicted molar refractivity (Wildman–Crippen MR) is 238 cm³/mol. The minimum atomic E-state index is -0.161. The number of hydrogen-bond donors (Lipinski definition) is 0. The zero-order valence-corrected chi connectivity index (χ0v) is 31.7. The van der Waals surface area contributed by atoms with Crippen molar-refractivity contribution in [1.29, 1.82) is 0 Å². The second kappa shape index (κ2) is 13.7. The number of benzene rings is 9. The molecule has 0 aromatic heterocycles. The highest BCUT2D eigenvalue weighted by molar-refractivity contribution is 6.14. The summed E-state index contributed by atoms with van der Waals surface area (Å²) in [6.07, 6.45) is 0. The fourth-order valence-corrected chi connectivity index (χ4v) is 9.02. The Morgan fingerprint density at radius 3 is 1.29 bits per heavy atom. The summed E-state index contributed by atoms with van der Waals surface area (Å²) < 4.78 is 0. The van der Waals surface area contributed by atoms with Crippen LogP contribution in [0.25, 0.3) is 66.4 Å². The van der Waals surface area contributed by atoms with Crippen LogP contribution in [0.15, 0.2) is 212 Å². The molecule has 10 rings (SSSR count). The number of rotatable bonds is 7. The molecule has 1 heteroatoms. The van der Waals surface area contributed by atoms with Gasteiger partial charge in [0.05, 0.1) is 0 Å². The van der Waals surface area contributed by atoms with Crippen molar-refractivity contribution in [2.75, 3.05) is 4.90 Å². The first-order valence-corrected chi connectivity index (χ1v) is 19.5. The van der Waals surface area contributed by atoms with E-state index in [9.17, 15) is 0 Å². The quantitative estimate of drug-likeness (QED) is 0.159. The van der Waals surface area contributed by atoms with Crippen LogP contribution in [0.1, 0.15) is 25.0 Å². The van der Waals surface area contributed by atoms with Gasteiger partial charge in [0.15, 0.2) is 0 Å². The van der Waals surface area contributed by atoms with Gasteiger partial charge in [0, 0.05) is 22.5 Å². The van der Waals surface area contributed by atoms with Crippen molar-refractivity contribution in [3.63, 3.8) is 0 Å². The molecule has 0 saturated heterocycles. The van der Waals surface area contributed by atoms with Crippen LogP contribution in [0, 0.1) is 0 Å². The van der Waals surface area contributed by atoms with E-state index in [1.807, 2.05) is 0 Å². The van der Waals surface area contributed by atoms with Crippen LogP contribution in [0.4, 0.5) is 17.1 Å². The van der Waals surface area contributed by atoms with E-state index < -0.39 is 0 Å². The molecule has 0 amide bonds. The number of anilines is 3. The summed E-state index contributed by atoms with van der Waals surface area (Å²) in [5.74, 6) is 0. The van der Waals surface area contributed by atoms with Gasteiger partial charge < -0.3 is 4.90 Å². The summed E-state index contributed by atoms with van der Waals surface area (Å²) in [5.41, 5.74) is 18.5. The van der Waals surface area contributed by atoms with Crippen LogP contribution < -0.4 is 4.90 Å². The van der Waals surface area contributed by atoms with Gasteiger partial charge in [0.1, 0.15) is 0 Å². The van der Waals surface area contributed by atoms with Gasteiger partial charge in [-0.05, 0) is 114 Å². The lowest BCUT2D eigenvalue weighted by atomic mass is 9.77. The molecule has 56 heavy (non-hydrogen) atoms. The molecule has 0 N–H and O–H groups in total. The minimum Gasteiger partial charge on any atom is -0.311 e. The van der Waals surface area contributed by atoms with Gasteiger partial charge in [-0.15, -0.1) is 0 Å². The normalized spacial score (nSPS) is 12.6. The fraction of sp³-hybridized carbons (Fsp3) is 0.0545. The maximum absolute atomic E-state index is 2.39. The molecule has 0 saturated carbocycles. The topological polar surface area (TPSA) is 3.24 Å². The van der Waals surface area contributed by atoms with Crippen LogP contribution >= 0.6 is 0 Å². The first-order valence-electron chi connectivity index (χ1n) is 19.5. The Kier molecular flexibility index (Phi) is 8.23. The van der Waals surface area contributed by atoms with Crippen molar-refractivity contribution in [3.05, 3.63) is 223 Å². The van der Waals surface area contributed by atoms with Crippen molar-refractivity contribution in [1.82, 2.24) is 0 Å². The molecule has 9 aromatic rings. The lowest BCUT2D eigenvalue weighted by molar-refractivity contribution is 0.666. The van der Waals surface area contributed by atoms with Crippen LogP contribution in [-0.4, -0.2) is 0 Å². The van der Waals surface area contributed by atoms with Crippen LogP contribution in [0.5, 0.6) is 0 Å². The predicted octanol–water partition coefficient (Wildman–Crippen LogP) is 15.3. The summed E-state index contributed by atoms with van der Waals surface area (Å²) in [5, 5.41) is 2.60. The van der Waals surface area contributed by atoms with Gasteiger partial charge in [-0.2, -0.15) is 0 Å². The third-order valence-corrected chi connectivity index (χ3v) is 11.7. The van der Waals surface area contributed by atoms with Crippen molar-refractivity contribution >= 4 is 27.8 Å². The highest BCUT2D eigenvalue weighted by Crippen LogP contribution is 2.58. The third kappa shape index (κ3) is 5.63. The lowest BCUT2D eigenvalue weighted by Crippen LogP contribution is -2.15. The summed E-state index contributed by atoms with van der Waals surface area (Å²) >= 11 is 0. The van der Waals surface area contributed by atoms with E-state index >= 15 is 0 Å². The Labute approximate surface area is 329 Å². The molecule has 0 unspecified atom stereocenters. The zero-order valence-electron chi connectivity index (χ0n) is 31.7. The van der Waals surface area contributed by atoms with Crippen LogP contribution in [0.2, 0.25) is 0 Å². The number of hydrogen-bond acceptors (Lipinski definition) is 1. The van der Waals surface area contributed by atoms with E-state index in [0.29, 0.717) is 0 Å². The summed E-state index contributed by atoms with van der Waals surface area (Å²) in [4.78, 5) is 2.35. The Bertz CT molecular complexity index is 2820. The molecule has 266 valence electrons. The molecule has 0 radical (unpaired) electrons. The molecule has 0 aliphatic heterocycles. The monoisotopic (exact) mass is 715 g/mol. The van der Waals surface area contributed by atoms with E-state index in [2.05, 4.69) is 231 Å². The molecule has 9 aromatic carbocycles. The third-order valence-electron chi connectivity index (χ3n) is 11.7. The number of nitrogens with zero attached hydrogens (tertiary/aromatic N) is 1. The standard InChI is InChI=1S/C55H41N/c1-55(2)50-25-15-14-24-49(50)53-52(51(47-22-12-13-23-48(47)54(53)55)42-28-26-40(27-29-42)38-16-6-3-7-17-38)43-32-36-46(37-33-43)56(44-20-10-5-11-21-44)45-34-30-41(31-35-45)39-18-8-4-9-19-39/h3-37H,1-2H3. The molecule has 0 bridgehead atoms. The molecular weight excluding hydrogens is 675 g/mol. The van der Waals surface area contributed by atoms with Crippen molar-refractivity contribution in [2.45, 2.75) is 19.3 Å². The van der Waals surface area contributed by atoms with Gasteiger partial charge in [-0.1, -0.05) is 190 Å². The second-order valence-electron chi connectivity index (χ2n) is 15.3. The maximum atomic E-state index is 2.39. The van der Waals surface area contributed by atoms with E-state index in [-0.39, 0.29) is 5.41 Å². The molecular formula is C55H41N. The van der Waals surface area contributed by atoms with E-state index in [1.165, 1.54) is 77.5 Å². The molecule has 0 spiro atoms. The van der Waals surface area contributed by atoms with Gasteiger partial charge in [0.2, 0.25) is 0 Å². The molecule has 1 nitrogen and oxygen atoms in total. The summed E-state index contributed by atoms with van der Waals surface area (Å²) in [6, 6.07) is 77.4. The lowest BCUT2D eigenvalue weighted by Gasteiger charge is -2.27. The Morgan fingerprint density at radius 1 is 0.304 bits per heavy atom. The number of fused-ring (bicyclic) bond motifs is 5. The first kappa shape index (κ1) is 33.6. The summed E-state index contributed by atoms with van der Waals surface area (Å²) in [6.45, 7) is 4.79. The minimum absolute atomic E-state index is 0.161. The average molecular weight is 716 g/mol. The highest BCUT2D eigenvalue weighted by Gasteiger charge is 2.39. The van der Waals surface area contributed by atoms with Crippen molar-refractivity contribution in [3.8, 4) is 55.6 Å². The van der Waals surface area contributed by atoms with Gasteiger partial charge in [-0.3, -0.25) is 0 Å². The maximum Gasteiger partial charge on any atom is 0.0462 e. The highest BCUT2D eigenvalue weighted by atomic mass is 15.1. The van der Waals surface area contributed by atoms with Gasteiger partial charge in [-0.25, -0.2) is 0 Å². The van der Waals surface area contributed by atoms with E-state index in [0.717, 1.165) is 17.1 Å². The Balaban J connectivity index is 1.17.